The van der Waals surface area contributed by atoms with Crippen LogP contribution in [0.3, 0.4) is 0 Å². The second-order valence-electron chi connectivity index (χ2n) is 20.1. The van der Waals surface area contributed by atoms with E-state index in [9.17, 15) is 0 Å². The lowest BCUT2D eigenvalue weighted by Crippen LogP contribution is -2.16. The van der Waals surface area contributed by atoms with Crippen molar-refractivity contribution in [3.05, 3.63) is 221 Å². The van der Waals surface area contributed by atoms with Gasteiger partial charge in [-0.3, -0.25) is 0 Å². The van der Waals surface area contributed by atoms with Crippen LogP contribution >= 0.6 is 0 Å². The molecule has 0 atom stereocenters. The minimum absolute atomic E-state index is 0.0946. The normalized spacial score (nSPS) is 15.3. The zero-order valence-electron chi connectivity index (χ0n) is 37.8. The fourth-order valence-corrected chi connectivity index (χ4v) is 12.0. The summed E-state index contributed by atoms with van der Waals surface area (Å²) in [5, 5.41) is 2.28. The van der Waals surface area contributed by atoms with Gasteiger partial charge in [-0.2, -0.15) is 0 Å². The summed E-state index contributed by atoms with van der Waals surface area (Å²) in [5.74, 6) is 0. The number of fused-ring (bicyclic) bond motifs is 12. The SMILES string of the molecule is CC1(C)c2ccccc2-c2ccc(-c3ccc(N(c4ccc5c(c4)C(C)(C)c4ccccc4-5)c4ccc5c(c4)oc4cc6c(cc45)-c4ccccc4C6(C)C)cc3-c3ccccc3)cc21. The second-order valence-corrected chi connectivity index (χ2v) is 20.1. The van der Waals surface area contributed by atoms with Crippen molar-refractivity contribution in [2.75, 3.05) is 4.90 Å². The number of benzene rings is 9. The summed E-state index contributed by atoms with van der Waals surface area (Å²) in [4.78, 5) is 2.43. The topological polar surface area (TPSA) is 16.4 Å². The Bertz CT molecular complexity index is 3640. The lowest BCUT2D eigenvalue weighted by molar-refractivity contribution is 0.647. The number of anilines is 3. The summed E-state index contributed by atoms with van der Waals surface area (Å²) < 4.78 is 6.90. The predicted molar refractivity (Wildman–Crippen MR) is 272 cm³/mol. The van der Waals surface area contributed by atoms with Crippen LogP contribution < -0.4 is 4.90 Å². The van der Waals surface area contributed by atoms with Crippen LogP contribution in [0.15, 0.2) is 192 Å². The van der Waals surface area contributed by atoms with Gasteiger partial charge in [0, 0.05) is 50.1 Å². The van der Waals surface area contributed by atoms with Crippen LogP contribution in [0.2, 0.25) is 0 Å². The van der Waals surface area contributed by atoms with E-state index < -0.39 is 0 Å². The van der Waals surface area contributed by atoms with Crippen LogP contribution in [-0.2, 0) is 16.2 Å². The lowest BCUT2D eigenvalue weighted by atomic mass is 9.81. The molecule has 0 radical (unpaired) electrons. The monoisotopic (exact) mass is 835 g/mol. The van der Waals surface area contributed by atoms with Crippen molar-refractivity contribution in [3.63, 3.8) is 0 Å². The van der Waals surface area contributed by atoms with Gasteiger partial charge < -0.3 is 9.32 Å². The van der Waals surface area contributed by atoms with Crippen LogP contribution in [0.25, 0.3) is 77.6 Å². The molecule has 0 saturated carbocycles. The Labute approximate surface area is 381 Å². The van der Waals surface area contributed by atoms with Gasteiger partial charge in [-0.15, -0.1) is 0 Å². The van der Waals surface area contributed by atoms with Gasteiger partial charge in [0.25, 0.3) is 0 Å². The first-order valence-corrected chi connectivity index (χ1v) is 23.1. The van der Waals surface area contributed by atoms with Gasteiger partial charge in [-0.05, 0) is 144 Å². The van der Waals surface area contributed by atoms with E-state index in [-0.39, 0.29) is 16.2 Å². The lowest BCUT2D eigenvalue weighted by Gasteiger charge is -2.29. The summed E-state index contributed by atoms with van der Waals surface area (Å²) >= 11 is 0. The molecule has 3 aliphatic carbocycles. The average Bonchev–Trinajstić information content (AvgIpc) is 3.96. The molecule has 1 aromatic heterocycles. The number of hydrogen-bond donors (Lipinski definition) is 0. The Balaban J connectivity index is 1.00. The van der Waals surface area contributed by atoms with Crippen molar-refractivity contribution in [2.45, 2.75) is 57.8 Å². The maximum Gasteiger partial charge on any atom is 0.137 e. The molecule has 1 heterocycles. The van der Waals surface area contributed by atoms with E-state index in [1.807, 2.05) is 0 Å². The number of nitrogens with zero attached hydrogens (tertiary/aromatic N) is 1. The quantitative estimate of drug-likeness (QED) is 0.172. The molecular weight excluding hydrogens is 787 g/mol. The third-order valence-electron chi connectivity index (χ3n) is 15.5. The molecule has 0 amide bonds. The molecule has 65 heavy (non-hydrogen) atoms. The van der Waals surface area contributed by atoms with E-state index in [1.54, 1.807) is 0 Å². The molecule has 3 aliphatic rings. The standard InChI is InChI=1S/C63H49NO/c1-61(2)53-21-13-10-18-44(53)47-28-24-39(32-56(47)61)43-29-25-40(33-50(43)38-16-8-7-9-17-38)64(41-26-30-48-45-19-11-14-22-54(45)62(3,4)57(48)34-41)42-27-31-49-52-36-51-46-20-12-15-23-55(46)63(5,6)58(51)37-60(52)65-59(49)35-42/h7-37H,1-6H3. The fraction of sp³-hybridized carbons (Fsp3) is 0.143. The predicted octanol–water partition coefficient (Wildman–Crippen LogP) is 17.3. The largest absolute Gasteiger partial charge is 0.456 e. The van der Waals surface area contributed by atoms with E-state index >= 15 is 0 Å². The molecule has 0 unspecified atom stereocenters. The van der Waals surface area contributed by atoms with Gasteiger partial charge in [-0.1, -0.05) is 169 Å². The Hall–Kier alpha value is -7.42. The van der Waals surface area contributed by atoms with Crippen molar-refractivity contribution in [3.8, 4) is 55.6 Å². The van der Waals surface area contributed by atoms with E-state index in [0.29, 0.717) is 0 Å². The van der Waals surface area contributed by atoms with Gasteiger partial charge in [0.05, 0.1) is 0 Å². The molecule has 0 aliphatic heterocycles. The minimum Gasteiger partial charge on any atom is -0.456 e. The molecule has 0 bridgehead atoms. The van der Waals surface area contributed by atoms with Gasteiger partial charge in [0.2, 0.25) is 0 Å². The third-order valence-corrected chi connectivity index (χ3v) is 15.5. The number of rotatable bonds is 5. The van der Waals surface area contributed by atoms with Crippen LogP contribution in [0, 0.1) is 0 Å². The summed E-state index contributed by atoms with van der Waals surface area (Å²) in [5.41, 5.74) is 25.6. The summed E-state index contributed by atoms with van der Waals surface area (Å²) in [6.07, 6.45) is 0. The molecular formula is C63H49NO. The highest BCUT2D eigenvalue weighted by molar-refractivity contribution is 6.09. The molecule has 10 aromatic rings. The maximum atomic E-state index is 6.90. The van der Waals surface area contributed by atoms with Crippen molar-refractivity contribution in [1.29, 1.82) is 0 Å². The van der Waals surface area contributed by atoms with Crippen molar-refractivity contribution in [2.24, 2.45) is 0 Å². The van der Waals surface area contributed by atoms with E-state index in [0.717, 1.165) is 39.0 Å². The Kier molecular flexibility index (Phi) is 7.80. The molecule has 0 spiro atoms. The van der Waals surface area contributed by atoms with E-state index in [1.165, 1.54) is 89.0 Å². The molecule has 2 heteroatoms. The number of hydrogen-bond acceptors (Lipinski definition) is 2. The first kappa shape index (κ1) is 38.1. The summed E-state index contributed by atoms with van der Waals surface area (Å²) in [6.45, 7) is 14.1. The van der Waals surface area contributed by atoms with Crippen molar-refractivity contribution < 1.29 is 4.42 Å². The Morgan fingerprint density at radius 2 is 0.754 bits per heavy atom. The maximum absolute atomic E-state index is 6.90. The first-order chi connectivity index (χ1) is 31.5. The second kappa shape index (κ2) is 13.3. The zero-order valence-corrected chi connectivity index (χ0v) is 37.8. The smallest absolute Gasteiger partial charge is 0.137 e. The molecule has 2 nitrogen and oxygen atoms in total. The third kappa shape index (κ3) is 5.34. The van der Waals surface area contributed by atoms with Gasteiger partial charge in [-0.25, -0.2) is 0 Å². The first-order valence-electron chi connectivity index (χ1n) is 23.1. The van der Waals surface area contributed by atoms with Crippen LogP contribution in [0.5, 0.6) is 0 Å². The Morgan fingerprint density at radius 3 is 1.40 bits per heavy atom. The minimum atomic E-state index is -0.150. The van der Waals surface area contributed by atoms with E-state index in [2.05, 4.69) is 234 Å². The molecule has 0 fully saturated rings. The van der Waals surface area contributed by atoms with Crippen molar-refractivity contribution >= 4 is 39.0 Å². The van der Waals surface area contributed by atoms with E-state index in [4.69, 9.17) is 4.42 Å². The number of furan rings is 1. The summed E-state index contributed by atoms with van der Waals surface area (Å²) in [7, 11) is 0. The molecule has 312 valence electrons. The van der Waals surface area contributed by atoms with Gasteiger partial charge in [0.15, 0.2) is 0 Å². The van der Waals surface area contributed by atoms with Crippen LogP contribution in [0.1, 0.15) is 74.9 Å². The highest BCUT2D eigenvalue weighted by Crippen LogP contribution is 2.54. The van der Waals surface area contributed by atoms with Crippen LogP contribution in [-0.4, -0.2) is 0 Å². The highest BCUT2D eigenvalue weighted by Gasteiger charge is 2.38. The van der Waals surface area contributed by atoms with Crippen molar-refractivity contribution in [1.82, 2.24) is 0 Å². The molecule has 0 N–H and O–H groups in total. The zero-order chi connectivity index (χ0) is 44.0. The van der Waals surface area contributed by atoms with Gasteiger partial charge in [0.1, 0.15) is 11.2 Å². The summed E-state index contributed by atoms with van der Waals surface area (Å²) in [6, 6.07) is 70.2. The van der Waals surface area contributed by atoms with Gasteiger partial charge >= 0.3 is 0 Å². The average molecular weight is 836 g/mol. The van der Waals surface area contributed by atoms with Crippen LogP contribution in [0.4, 0.5) is 17.1 Å². The molecule has 13 rings (SSSR count). The molecule has 9 aromatic carbocycles. The molecule has 0 saturated heterocycles. The fourth-order valence-electron chi connectivity index (χ4n) is 12.0. The Morgan fingerprint density at radius 1 is 0.292 bits per heavy atom. The highest BCUT2D eigenvalue weighted by atomic mass is 16.3.